The Labute approximate surface area is 149 Å². The standard InChI is InChI=1S/C20H27N3O2/c1-4-16-17(5-2)23-19-12-13(6-11-18(19)22-16)20(24)21-14-7-9-15(25-3)10-8-14/h6,11-12,14-15H,4-5,7-10H2,1-3H3,(H,21,24). The molecule has 1 amide bonds. The highest BCUT2D eigenvalue weighted by Gasteiger charge is 2.22. The molecule has 0 saturated heterocycles. The predicted molar refractivity (Wildman–Crippen MR) is 98.8 cm³/mol. The molecule has 1 N–H and O–H groups in total. The maximum atomic E-state index is 12.6. The number of carbonyl (C=O) groups is 1. The lowest BCUT2D eigenvalue weighted by atomic mass is 9.93. The fourth-order valence-corrected chi connectivity index (χ4v) is 3.55. The maximum Gasteiger partial charge on any atom is 0.251 e. The number of aryl methyl sites for hydroxylation is 2. The molecule has 1 aromatic heterocycles. The Bertz CT molecular complexity index is 752. The summed E-state index contributed by atoms with van der Waals surface area (Å²) in [5, 5.41) is 3.15. The first kappa shape index (κ1) is 17.8. The molecule has 134 valence electrons. The van der Waals surface area contributed by atoms with Gasteiger partial charge in [0, 0.05) is 18.7 Å². The van der Waals surface area contributed by atoms with Crippen LogP contribution >= 0.6 is 0 Å². The molecule has 0 unspecified atom stereocenters. The molecule has 1 fully saturated rings. The number of hydrogen-bond donors (Lipinski definition) is 1. The van der Waals surface area contributed by atoms with Crippen LogP contribution in [0.2, 0.25) is 0 Å². The zero-order chi connectivity index (χ0) is 17.8. The first-order valence-corrected chi connectivity index (χ1v) is 9.27. The van der Waals surface area contributed by atoms with Crippen molar-refractivity contribution in [1.29, 1.82) is 0 Å². The van der Waals surface area contributed by atoms with Crippen LogP contribution in [0.1, 0.15) is 61.3 Å². The van der Waals surface area contributed by atoms with Crippen LogP contribution in [0, 0.1) is 0 Å². The van der Waals surface area contributed by atoms with E-state index in [0.717, 1.165) is 60.9 Å². The van der Waals surface area contributed by atoms with E-state index in [-0.39, 0.29) is 11.9 Å². The largest absolute Gasteiger partial charge is 0.381 e. The third-order valence-corrected chi connectivity index (χ3v) is 5.09. The molecule has 0 radical (unpaired) electrons. The Hall–Kier alpha value is -2.01. The Morgan fingerprint density at radius 3 is 2.32 bits per heavy atom. The van der Waals surface area contributed by atoms with E-state index in [1.807, 2.05) is 18.2 Å². The van der Waals surface area contributed by atoms with Crippen LogP contribution in [0.3, 0.4) is 0 Å². The summed E-state index contributed by atoms with van der Waals surface area (Å²) >= 11 is 0. The number of rotatable bonds is 5. The summed E-state index contributed by atoms with van der Waals surface area (Å²) in [6.45, 7) is 4.18. The lowest BCUT2D eigenvalue weighted by Crippen LogP contribution is -2.38. The van der Waals surface area contributed by atoms with Crippen molar-refractivity contribution in [2.24, 2.45) is 0 Å². The summed E-state index contributed by atoms with van der Waals surface area (Å²) in [7, 11) is 1.76. The van der Waals surface area contributed by atoms with Crippen LogP contribution in [0.4, 0.5) is 0 Å². The molecule has 0 aliphatic heterocycles. The number of methoxy groups -OCH3 is 1. The highest BCUT2D eigenvalue weighted by atomic mass is 16.5. The van der Waals surface area contributed by atoms with E-state index in [0.29, 0.717) is 11.7 Å². The van der Waals surface area contributed by atoms with Gasteiger partial charge in [-0.25, -0.2) is 9.97 Å². The van der Waals surface area contributed by atoms with E-state index in [2.05, 4.69) is 19.2 Å². The van der Waals surface area contributed by atoms with Gasteiger partial charge in [0.15, 0.2) is 0 Å². The number of fused-ring (bicyclic) bond motifs is 1. The van der Waals surface area contributed by atoms with Crippen molar-refractivity contribution in [3.05, 3.63) is 35.2 Å². The molecule has 1 saturated carbocycles. The van der Waals surface area contributed by atoms with E-state index in [1.165, 1.54) is 0 Å². The Balaban J connectivity index is 1.75. The first-order chi connectivity index (χ1) is 12.1. The van der Waals surface area contributed by atoms with Crippen molar-refractivity contribution in [3.8, 4) is 0 Å². The zero-order valence-corrected chi connectivity index (χ0v) is 15.3. The Morgan fingerprint density at radius 1 is 1.08 bits per heavy atom. The SMILES string of the molecule is CCc1nc2ccc(C(=O)NC3CCC(OC)CC3)cc2nc1CC. The molecule has 2 aromatic rings. The second-order valence-electron chi connectivity index (χ2n) is 6.71. The molecule has 25 heavy (non-hydrogen) atoms. The highest BCUT2D eigenvalue weighted by Crippen LogP contribution is 2.21. The molecule has 1 aliphatic rings. The highest BCUT2D eigenvalue weighted by molar-refractivity contribution is 5.97. The summed E-state index contributed by atoms with van der Waals surface area (Å²) in [6, 6.07) is 5.83. The average molecular weight is 341 g/mol. The van der Waals surface area contributed by atoms with Gasteiger partial charge >= 0.3 is 0 Å². The van der Waals surface area contributed by atoms with Crippen molar-refractivity contribution in [2.75, 3.05) is 7.11 Å². The van der Waals surface area contributed by atoms with Gasteiger partial charge in [-0.1, -0.05) is 13.8 Å². The van der Waals surface area contributed by atoms with Crippen LogP contribution in [-0.2, 0) is 17.6 Å². The maximum absolute atomic E-state index is 12.6. The van der Waals surface area contributed by atoms with Crippen molar-refractivity contribution in [2.45, 2.75) is 64.5 Å². The number of benzene rings is 1. The number of carbonyl (C=O) groups excluding carboxylic acids is 1. The average Bonchev–Trinajstić information content (AvgIpc) is 2.66. The fourth-order valence-electron chi connectivity index (χ4n) is 3.55. The second-order valence-corrected chi connectivity index (χ2v) is 6.71. The van der Waals surface area contributed by atoms with E-state index in [9.17, 15) is 4.79 Å². The number of nitrogens with zero attached hydrogens (tertiary/aromatic N) is 2. The second kappa shape index (κ2) is 7.91. The topological polar surface area (TPSA) is 64.1 Å². The van der Waals surface area contributed by atoms with Gasteiger partial charge in [-0.15, -0.1) is 0 Å². The Kier molecular flexibility index (Phi) is 5.63. The third-order valence-electron chi connectivity index (χ3n) is 5.09. The van der Waals surface area contributed by atoms with E-state index < -0.39 is 0 Å². The first-order valence-electron chi connectivity index (χ1n) is 9.27. The van der Waals surface area contributed by atoms with Crippen molar-refractivity contribution in [3.63, 3.8) is 0 Å². The third kappa shape index (κ3) is 3.98. The van der Waals surface area contributed by atoms with Gasteiger partial charge in [-0.2, -0.15) is 0 Å². The molecule has 0 bridgehead atoms. The molecule has 3 rings (SSSR count). The molecular weight excluding hydrogens is 314 g/mol. The number of ether oxygens (including phenoxy) is 1. The van der Waals surface area contributed by atoms with Gasteiger partial charge in [0.05, 0.1) is 28.5 Å². The summed E-state index contributed by atoms with van der Waals surface area (Å²) in [6.07, 6.45) is 6.01. The monoisotopic (exact) mass is 341 g/mol. The van der Waals surface area contributed by atoms with Crippen LogP contribution in [0.15, 0.2) is 18.2 Å². The van der Waals surface area contributed by atoms with Gasteiger partial charge in [0.25, 0.3) is 5.91 Å². The minimum atomic E-state index is -0.0258. The number of amides is 1. The molecule has 0 spiro atoms. The smallest absolute Gasteiger partial charge is 0.251 e. The zero-order valence-electron chi connectivity index (χ0n) is 15.3. The van der Waals surface area contributed by atoms with Gasteiger partial charge < -0.3 is 10.1 Å². The summed E-state index contributed by atoms with van der Waals surface area (Å²) in [5.74, 6) is -0.0258. The van der Waals surface area contributed by atoms with Crippen molar-refractivity contribution < 1.29 is 9.53 Å². The van der Waals surface area contributed by atoms with E-state index >= 15 is 0 Å². The van der Waals surface area contributed by atoms with Gasteiger partial charge in [0.1, 0.15) is 0 Å². The molecular formula is C20H27N3O2. The molecule has 0 atom stereocenters. The number of nitrogens with one attached hydrogen (secondary N) is 1. The van der Waals surface area contributed by atoms with Crippen molar-refractivity contribution in [1.82, 2.24) is 15.3 Å². The summed E-state index contributed by atoms with van der Waals surface area (Å²) < 4.78 is 5.39. The minimum Gasteiger partial charge on any atom is -0.381 e. The van der Waals surface area contributed by atoms with E-state index in [1.54, 1.807) is 7.11 Å². The Morgan fingerprint density at radius 2 is 1.72 bits per heavy atom. The lowest BCUT2D eigenvalue weighted by Gasteiger charge is -2.28. The van der Waals surface area contributed by atoms with Crippen LogP contribution in [0.5, 0.6) is 0 Å². The van der Waals surface area contributed by atoms with Crippen molar-refractivity contribution >= 4 is 16.9 Å². The minimum absolute atomic E-state index is 0.0258. The fraction of sp³-hybridized carbons (Fsp3) is 0.550. The molecule has 5 heteroatoms. The molecule has 1 heterocycles. The van der Waals surface area contributed by atoms with Crippen LogP contribution in [-0.4, -0.2) is 35.1 Å². The quantitative estimate of drug-likeness (QED) is 0.905. The summed E-state index contributed by atoms with van der Waals surface area (Å²) in [4.78, 5) is 22.0. The van der Waals surface area contributed by atoms with Gasteiger partial charge in [0.2, 0.25) is 0 Å². The van der Waals surface area contributed by atoms with Gasteiger partial charge in [-0.05, 0) is 56.7 Å². The molecule has 1 aliphatic carbocycles. The molecule has 5 nitrogen and oxygen atoms in total. The normalized spacial score (nSPS) is 20.6. The molecule has 1 aromatic carbocycles. The lowest BCUT2D eigenvalue weighted by molar-refractivity contribution is 0.0599. The van der Waals surface area contributed by atoms with E-state index in [4.69, 9.17) is 14.7 Å². The van der Waals surface area contributed by atoms with Crippen LogP contribution < -0.4 is 5.32 Å². The van der Waals surface area contributed by atoms with Gasteiger partial charge in [-0.3, -0.25) is 4.79 Å². The predicted octanol–water partition coefficient (Wildman–Crippen LogP) is 3.44. The number of aromatic nitrogens is 2. The number of hydrogen-bond acceptors (Lipinski definition) is 4. The van der Waals surface area contributed by atoms with Crippen LogP contribution in [0.25, 0.3) is 11.0 Å². The summed E-state index contributed by atoms with van der Waals surface area (Å²) in [5.41, 5.74) is 4.37.